The third-order valence-electron chi connectivity index (χ3n) is 3.68. The van der Waals surface area contributed by atoms with Crippen LogP contribution in [0.5, 0.6) is 11.5 Å². The zero-order valence-corrected chi connectivity index (χ0v) is 12.1. The lowest BCUT2D eigenvalue weighted by Crippen LogP contribution is -2.45. The molecule has 5 nitrogen and oxygen atoms in total. The van der Waals surface area contributed by atoms with Crippen molar-refractivity contribution < 1.29 is 9.47 Å². The zero-order valence-electron chi connectivity index (χ0n) is 12.1. The second-order valence-electron chi connectivity index (χ2n) is 4.77. The summed E-state index contributed by atoms with van der Waals surface area (Å²) in [6.45, 7) is 3.81. The van der Waals surface area contributed by atoms with E-state index < -0.39 is 0 Å². The smallest absolute Gasteiger partial charge is 0.127 e. The summed E-state index contributed by atoms with van der Waals surface area (Å²) >= 11 is 0. The molecule has 108 valence electrons. The van der Waals surface area contributed by atoms with Crippen molar-refractivity contribution in [2.75, 3.05) is 40.4 Å². The van der Waals surface area contributed by atoms with Crippen molar-refractivity contribution in [2.24, 2.45) is 0 Å². The first-order valence-electron chi connectivity index (χ1n) is 6.83. The summed E-state index contributed by atoms with van der Waals surface area (Å²) in [7, 11) is 3.29. The van der Waals surface area contributed by atoms with Gasteiger partial charge in [0, 0.05) is 37.8 Å². The minimum atomic E-state index is 0.0722. The molecule has 2 rings (SSSR count). The topological polar surface area (TPSA) is 57.5 Å². The summed E-state index contributed by atoms with van der Waals surface area (Å²) in [5.41, 5.74) is 1.05. The number of methoxy groups -OCH3 is 2. The number of nitrogens with zero attached hydrogens (tertiary/aromatic N) is 2. The second kappa shape index (κ2) is 7.13. The van der Waals surface area contributed by atoms with Gasteiger partial charge in [-0.1, -0.05) is 6.07 Å². The van der Waals surface area contributed by atoms with Crippen LogP contribution in [0.4, 0.5) is 0 Å². The molecule has 1 aromatic carbocycles. The maximum Gasteiger partial charge on any atom is 0.127 e. The van der Waals surface area contributed by atoms with Gasteiger partial charge in [-0.2, -0.15) is 5.26 Å². The highest BCUT2D eigenvalue weighted by molar-refractivity contribution is 5.43. The average Bonchev–Trinajstić information content (AvgIpc) is 2.53. The van der Waals surface area contributed by atoms with Gasteiger partial charge in [0.1, 0.15) is 11.5 Å². The van der Waals surface area contributed by atoms with Crippen molar-refractivity contribution in [1.82, 2.24) is 10.2 Å². The van der Waals surface area contributed by atoms with Gasteiger partial charge >= 0.3 is 0 Å². The quantitative estimate of drug-likeness (QED) is 0.884. The van der Waals surface area contributed by atoms with E-state index in [4.69, 9.17) is 14.7 Å². The number of hydrogen-bond acceptors (Lipinski definition) is 5. The van der Waals surface area contributed by atoms with Crippen molar-refractivity contribution in [3.63, 3.8) is 0 Å². The number of ether oxygens (including phenoxy) is 2. The number of rotatable bonds is 5. The predicted molar refractivity (Wildman–Crippen MR) is 77.0 cm³/mol. The maximum absolute atomic E-state index is 9.14. The van der Waals surface area contributed by atoms with Crippen LogP contribution < -0.4 is 14.8 Å². The van der Waals surface area contributed by atoms with Crippen LogP contribution in [-0.4, -0.2) is 45.3 Å². The molecule has 0 aromatic heterocycles. The Labute approximate surface area is 120 Å². The Hall–Kier alpha value is -1.77. The number of nitrogens with one attached hydrogen (secondary N) is 1. The van der Waals surface area contributed by atoms with E-state index in [1.165, 1.54) is 0 Å². The Balaban J connectivity index is 2.30. The molecular formula is C15H21N3O2. The lowest BCUT2D eigenvalue weighted by atomic mass is 10.0. The van der Waals surface area contributed by atoms with E-state index in [9.17, 15) is 0 Å². The standard InChI is InChI=1S/C15H21N3O2/c1-19-12-3-4-13(15(11-12)20-2)14(5-6-16)18-9-7-17-8-10-18/h3-4,11,14,17H,5,7-10H2,1-2H3/t14-/m0/s1. The van der Waals surface area contributed by atoms with E-state index in [-0.39, 0.29) is 6.04 Å². The van der Waals surface area contributed by atoms with Crippen LogP contribution in [0.15, 0.2) is 18.2 Å². The van der Waals surface area contributed by atoms with E-state index in [1.54, 1.807) is 14.2 Å². The summed E-state index contributed by atoms with van der Waals surface area (Å²) in [6, 6.07) is 8.17. The van der Waals surface area contributed by atoms with Crippen molar-refractivity contribution in [3.8, 4) is 17.6 Å². The molecule has 1 atom stereocenters. The molecule has 20 heavy (non-hydrogen) atoms. The minimum absolute atomic E-state index is 0.0722. The largest absolute Gasteiger partial charge is 0.497 e. The predicted octanol–water partition coefficient (Wildman–Crippen LogP) is 1.56. The summed E-state index contributed by atoms with van der Waals surface area (Å²) in [4.78, 5) is 2.34. The highest BCUT2D eigenvalue weighted by Crippen LogP contribution is 2.34. The molecule has 1 aliphatic heterocycles. The highest BCUT2D eigenvalue weighted by atomic mass is 16.5. The summed E-state index contributed by atoms with van der Waals surface area (Å²) < 4.78 is 10.7. The fourth-order valence-corrected chi connectivity index (χ4v) is 2.61. The van der Waals surface area contributed by atoms with Crippen LogP contribution in [0, 0.1) is 11.3 Å². The monoisotopic (exact) mass is 275 g/mol. The fourth-order valence-electron chi connectivity index (χ4n) is 2.61. The van der Waals surface area contributed by atoms with Gasteiger partial charge < -0.3 is 14.8 Å². The van der Waals surface area contributed by atoms with Crippen LogP contribution in [0.1, 0.15) is 18.0 Å². The molecule has 0 saturated carbocycles. The fraction of sp³-hybridized carbons (Fsp3) is 0.533. The van der Waals surface area contributed by atoms with Crippen molar-refractivity contribution >= 4 is 0 Å². The lowest BCUT2D eigenvalue weighted by Gasteiger charge is -2.34. The molecule has 1 N–H and O–H groups in total. The van der Waals surface area contributed by atoms with Crippen LogP contribution in [0.25, 0.3) is 0 Å². The normalized spacial score (nSPS) is 17.2. The van der Waals surface area contributed by atoms with Gasteiger partial charge in [0.25, 0.3) is 0 Å². The summed E-state index contributed by atoms with van der Waals surface area (Å²) in [5, 5.41) is 12.5. The third-order valence-corrected chi connectivity index (χ3v) is 3.68. The van der Waals surface area contributed by atoms with Crippen LogP contribution >= 0.6 is 0 Å². The zero-order chi connectivity index (χ0) is 14.4. The first kappa shape index (κ1) is 14.6. The van der Waals surface area contributed by atoms with E-state index in [0.29, 0.717) is 6.42 Å². The van der Waals surface area contributed by atoms with Crippen LogP contribution in [-0.2, 0) is 0 Å². The van der Waals surface area contributed by atoms with Gasteiger partial charge in [0.2, 0.25) is 0 Å². The van der Waals surface area contributed by atoms with Gasteiger partial charge in [0.05, 0.1) is 32.8 Å². The summed E-state index contributed by atoms with van der Waals surface area (Å²) in [5.74, 6) is 1.55. The summed E-state index contributed by atoms with van der Waals surface area (Å²) in [6.07, 6.45) is 0.461. The Kier molecular flexibility index (Phi) is 5.22. The third kappa shape index (κ3) is 3.21. The van der Waals surface area contributed by atoms with Crippen molar-refractivity contribution in [2.45, 2.75) is 12.5 Å². The molecule has 0 amide bonds. The molecule has 1 heterocycles. The number of hydrogen-bond donors (Lipinski definition) is 1. The molecule has 1 fully saturated rings. The molecule has 5 heteroatoms. The van der Waals surface area contributed by atoms with Crippen LogP contribution in [0.2, 0.25) is 0 Å². The average molecular weight is 275 g/mol. The van der Waals surface area contributed by atoms with Crippen molar-refractivity contribution in [1.29, 1.82) is 5.26 Å². The van der Waals surface area contributed by atoms with Gasteiger partial charge in [-0.15, -0.1) is 0 Å². The van der Waals surface area contributed by atoms with Crippen LogP contribution in [0.3, 0.4) is 0 Å². The Morgan fingerprint density at radius 2 is 2.05 bits per heavy atom. The number of piperazine rings is 1. The minimum Gasteiger partial charge on any atom is -0.497 e. The Morgan fingerprint density at radius 1 is 1.30 bits per heavy atom. The first-order chi connectivity index (χ1) is 9.80. The van der Waals surface area contributed by atoms with E-state index in [1.807, 2.05) is 18.2 Å². The van der Waals surface area contributed by atoms with Gasteiger partial charge in [0.15, 0.2) is 0 Å². The van der Waals surface area contributed by atoms with E-state index in [0.717, 1.165) is 43.2 Å². The van der Waals surface area contributed by atoms with Gasteiger partial charge in [-0.3, -0.25) is 4.90 Å². The molecule has 1 aromatic rings. The molecule has 1 saturated heterocycles. The maximum atomic E-state index is 9.14. The van der Waals surface area contributed by atoms with Gasteiger partial charge in [-0.05, 0) is 6.07 Å². The number of benzene rings is 1. The highest BCUT2D eigenvalue weighted by Gasteiger charge is 2.24. The lowest BCUT2D eigenvalue weighted by molar-refractivity contribution is 0.172. The van der Waals surface area contributed by atoms with Crippen molar-refractivity contribution in [3.05, 3.63) is 23.8 Å². The molecule has 0 unspecified atom stereocenters. The SMILES string of the molecule is COc1ccc([C@H](CC#N)N2CCNCC2)c(OC)c1. The Bertz CT molecular complexity index is 478. The molecule has 0 radical (unpaired) electrons. The van der Waals surface area contributed by atoms with E-state index >= 15 is 0 Å². The number of nitriles is 1. The van der Waals surface area contributed by atoms with Gasteiger partial charge in [-0.25, -0.2) is 0 Å². The molecule has 0 spiro atoms. The molecule has 0 bridgehead atoms. The first-order valence-corrected chi connectivity index (χ1v) is 6.83. The molecular weight excluding hydrogens is 254 g/mol. The molecule has 0 aliphatic carbocycles. The van der Waals surface area contributed by atoms with E-state index in [2.05, 4.69) is 16.3 Å². The second-order valence-corrected chi connectivity index (χ2v) is 4.77. The Morgan fingerprint density at radius 3 is 2.65 bits per heavy atom. The molecule has 1 aliphatic rings.